The number of fused-ring (bicyclic) bond motifs is 1. The third-order valence-electron chi connectivity index (χ3n) is 5.55. The molecule has 0 spiro atoms. The average Bonchev–Trinajstić information content (AvgIpc) is 2.41. The van der Waals surface area contributed by atoms with Gasteiger partial charge >= 0.3 is 0 Å². The minimum Gasteiger partial charge on any atom is -0.389 e. The van der Waals surface area contributed by atoms with Gasteiger partial charge in [0.15, 0.2) is 0 Å². The highest BCUT2D eigenvalue weighted by molar-refractivity contribution is 5.30. The van der Waals surface area contributed by atoms with E-state index in [2.05, 4.69) is 24.9 Å². The van der Waals surface area contributed by atoms with Crippen molar-refractivity contribution in [2.24, 2.45) is 5.41 Å². The lowest BCUT2D eigenvalue weighted by Gasteiger charge is -2.52. The van der Waals surface area contributed by atoms with Crippen molar-refractivity contribution in [1.82, 2.24) is 4.98 Å². The van der Waals surface area contributed by atoms with E-state index in [1.54, 1.807) is 0 Å². The van der Waals surface area contributed by atoms with E-state index in [-0.39, 0.29) is 11.3 Å². The van der Waals surface area contributed by atoms with Crippen molar-refractivity contribution in [1.29, 1.82) is 0 Å². The third-order valence-corrected chi connectivity index (χ3v) is 5.55. The Hall–Kier alpha value is -0.890. The van der Waals surface area contributed by atoms with Crippen molar-refractivity contribution < 1.29 is 5.11 Å². The van der Waals surface area contributed by atoms with Crippen molar-refractivity contribution in [2.75, 3.05) is 0 Å². The molecular weight excluding hydrogens is 234 g/mol. The molecule has 1 saturated carbocycles. The zero-order valence-corrected chi connectivity index (χ0v) is 12.2. The first-order chi connectivity index (χ1) is 9.05. The summed E-state index contributed by atoms with van der Waals surface area (Å²) < 4.78 is 0. The number of rotatable bonds is 1. The summed E-state index contributed by atoms with van der Waals surface area (Å²) >= 11 is 0. The number of aliphatic hydroxyl groups is 1. The van der Waals surface area contributed by atoms with E-state index in [9.17, 15) is 5.11 Å². The molecule has 1 aromatic heterocycles. The molecule has 1 aromatic rings. The second-order valence-corrected chi connectivity index (χ2v) is 7.01. The van der Waals surface area contributed by atoms with Crippen LogP contribution >= 0.6 is 0 Å². The topological polar surface area (TPSA) is 33.1 Å². The van der Waals surface area contributed by atoms with Crippen molar-refractivity contribution in [2.45, 2.75) is 70.3 Å². The Kier molecular flexibility index (Phi) is 3.17. The maximum atomic E-state index is 11.4. The fourth-order valence-corrected chi connectivity index (χ4v) is 4.24. The maximum Gasteiger partial charge on any atom is 0.0781 e. The predicted octanol–water partition coefficient (Wildman–Crippen LogP) is 3.83. The molecule has 0 amide bonds. The van der Waals surface area contributed by atoms with Crippen molar-refractivity contribution in [3.63, 3.8) is 0 Å². The molecule has 0 aromatic carbocycles. The first kappa shape index (κ1) is 13.1. The SMILES string of the molecule is CC1(C)CCCCC1(O)C1CCCc2cccnc21. The molecule has 19 heavy (non-hydrogen) atoms. The van der Waals surface area contributed by atoms with Gasteiger partial charge in [-0.3, -0.25) is 4.98 Å². The van der Waals surface area contributed by atoms with Gasteiger partial charge < -0.3 is 5.11 Å². The van der Waals surface area contributed by atoms with Gasteiger partial charge in [0.1, 0.15) is 0 Å². The minimum atomic E-state index is -0.575. The summed E-state index contributed by atoms with van der Waals surface area (Å²) in [5.41, 5.74) is 1.95. The quantitative estimate of drug-likeness (QED) is 0.831. The second-order valence-electron chi connectivity index (χ2n) is 7.01. The largest absolute Gasteiger partial charge is 0.389 e. The standard InChI is InChI=1S/C17H25NO/c1-16(2)10-3-4-11-17(16,19)14-9-5-7-13-8-6-12-18-15(13)14/h6,8,12,14,19H,3-5,7,9-11H2,1-2H3. The van der Waals surface area contributed by atoms with Crippen LogP contribution in [-0.4, -0.2) is 15.7 Å². The molecule has 0 aliphatic heterocycles. The van der Waals surface area contributed by atoms with Gasteiger partial charge in [-0.1, -0.05) is 32.8 Å². The summed E-state index contributed by atoms with van der Waals surface area (Å²) in [7, 11) is 0. The Morgan fingerprint density at radius 2 is 2.00 bits per heavy atom. The van der Waals surface area contributed by atoms with Gasteiger partial charge in [-0.2, -0.15) is 0 Å². The van der Waals surface area contributed by atoms with Crippen LogP contribution in [-0.2, 0) is 6.42 Å². The van der Waals surface area contributed by atoms with Gasteiger partial charge in [0, 0.05) is 17.8 Å². The fourth-order valence-electron chi connectivity index (χ4n) is 4.24. The van der Waals surface area contributed by atoms with E-state index in [4.69, 9.17) is 0 Å². The van der Waals surface area contributed by atoms with Gasteiger partial charge in [0.25, 0.3) is 0 Å². The Morgan fingerprint density at radius 3 is 2.79 bits per heavy atom. The van der Waals surface area contributed by atoms with Gasteiger partial charge in [-0.15, -0.1) is 0 Å². The highest BCUT2D eigenvalue weighted by Crippen LogP contribution is 2.53. The highest BCUT2D eigenvalue weighted by Gasteiger charge is 2.51. The lowest BCUT2D eigenvalue weighted by atomic mass is 9.57. The monoisotopic (exact) mass is 259 g/mol. The maximum absolute atomic E-state index is 11.4. The van der Waals surface area contributed by atoms with Gasteiger partial charge in [0.2, 0.25) is 0 Å². The molecular formula is C17H25NO. The first-order valence-corrected chi connectivity index (χ1v) is 7.71. The summed E-state index contributed by atoms with van der Waals surface area (Å²) in [6.45, 7) is 4.48. The van der Waals surface area contributed by atoms with Crippen molar-refractivity contribution >= 4 is 0 Å². The molecule has 3 rings (SSSR count). The van der Waals surface area contributed by atoms with Crippen LogP contribution in [0, 0.1) is 5.41 Å². The van der Waals surface area contributed by atoms with E-state index < -0.39 is 5.60 Å². The average molecular weight is 259 g/mol. The number of aryl methyl sites for hydroxylation is 1. The van der Waals surface area contributed by atoms with Gasteiger partial charge in [-0.05, 0) is 49.1 Å². The van der Waals surface area contributed by atoms with E-state index in [0.29, 0.717) is 0 Å². The highest BCUT2D eigenvalue weighted by atomic mass is 16.3. The first-order valence-electron chi connectivity index (χ1n) is 7.71. The molecule has 2 aliphatic carbocycles. The zero-order valence-electron chi connectivity index (χ0n) is 12.2. The van der Waals surface area contributed by atoms with Crippen molar-refractivity contribution in [3.05, 3.63) is 29.6 Å². The fraction of sp³-hybridized carbons (Fsp3) is 0.706. The van der Waals surface area contributed by atoms with Gasteiger partial charge in [0.05, 0.1) is 5.60 Å². The van der Waals surface area contributed by atoms with Gasteiger partial charge in [-0.25, -0.2) is 0 Å². The third kappa shape index (κ3) is 2.01. The predicted molar refractivity (Wildman–Crippen MR) is 77.1 cm³/mol. The van der Waals surface area contributed by atoms with Crippen LogP contribution in [0.1, 0.15) is 69.5 Å². The number of aromatic nitrogens is 1. The van der Waals surface area contributed by atoms with Crippen molar-refractivity contribution in [3.8, 4) is 0 Å². The van der Waals surface area contributed by atoms with Crippen LogP contribution in [0.25, 0.3) is 0 Å². The molecule has 2 unspecified atom stereocenters. The van der Waals surface area contributed by atoms with Crippen LogP contribution in [0.5, 0.6) is 0 Å². The lowest BCUT2D eigenvalue weighted by molar-refractivity contribution is -0.120. The molecule has 0 bridgehead atoms. The Balaban J connectivity index is 2.02. The Labute approximate surface area is 116 Å². The van der Waals surface area contributed by atoms with E-state index in [1.807, 2.05) is 12.3 Å². The second kappa shape index (κ2) is 4.59. The zero-order chi connectivity index (χ0) is 13.5. The van der Waals surface area contributed by atoms with Crippen LogP contribution in [0.4, 0.5) is 0 Å². The lowest BCUT2D eigenvalue weighted by Crippen LogP contribution is -2.52. The summed E-state index contributed by atoms with van der Waals surface area (Å²) in [4.78, 5) is 4.63. The number of nitrogens with zero attached hydrogens (tertiary/aromatic N) is 1. The normalized spacial score (nSPS) is 33.7. The van der Waals surface area contributed by atoms with Crippen LogP contribution in [0.3, 0.4) is 0 Å². The summed E-state index contributed by atoms with van der Waals surface area (Å²) in [5, 5.41) is 11.4. The molecule has 104 valence electrons. The molecule has 0 radical (unpaired) electrons. The molecule has 1 heterocycles. The van der Waals surface area contributed by atoms with Crippen LogP contribution in [0.15, 0.2) is 18.3 Å². The van der Waals surface area contributed by atoms with E-state index in [1.165, 1.54) is 24.1 Å². The number of hydrogen-bond donors (Lipinski definition) is 1. The number of pyridine rings is 1. The number of hydrogen-bond acceptors (Lipinski definition) is 2. The van der Waals surface area contributed by atoms with Crippen LogP contribution in [0.2, 0.25) is 0 Å². The van der Waals surface area contributed by atoms with E-state index >= 15 is 0 Å². The Morgan fingerprint density at radius 1 is 1.21 bits per heavy atom. The summed E-state index contributed by atoms with van der Waals surface area (Å²) in [6.07, 6.45) is 9.73. The summed E-state index contributed by atoms with van der Waals surface area (Å²) in [5.74, 6) is 0.229. The minimum absolute atomic E-state index is 0.00203. The molecule has 1 N–H and O–H groups in total. The molecule has 0 saturated heterocycles. The molecule has 2 aliphatic rings. The molecule has 2 atom stereocenters. The molecule has 2 heteroatoms. The Bertz CT molecular complexity index is 468. The summed E-state index contributed by atoms with van der Waals surface area (Å²) in [6, 6.07) is 4.21. The van der Waals surface area contributed by atoms with Crippen LogP contribution < -0.4 is 0 Å². The van der Waals surface area contributed by atoms with E-state index in [0.717, 1.165) is 32.1 Å². The molecule has 2 nitrogen and oxygen atoms in total. The smallest absolute Gasteiger partial charge is 0.0781 e. The molecule has 1 fully saturated rings.